The summed E-state index contributed by atoms with van der Waals surface area (Å²) >= 11 is 1.63. The van der Waals surface area contributed by atoms with Crippen molar-refractivity contribution in [2.75, 3.05) is 18.5 Å². The molecule has 4 nitrogen and oxygen atoms in total. The van der Waals surface area contributed by atoms with Gasteiger partial charge in [-0.3, -0.25) is 4.79 Å². The minimum atomic E-state index is -0.515. The highest BCUT2D eigenvalue weighted by Crippen LogP contribution is 2.33. The molecule has 0 aromatic heterocycles. The van der Waals surface area contributed by atoms with Gasteiger partial charge in [0.2, 0.25) is 0 Å². The summed E-state index contributed by atoms with van der Waals surface area (Å²) in [6, 6.07) is 17.9. The average Bonchev–Trinajstić information content (AvgIpc) is 3.16. The lowest BCUT2D eigenvalue weighted by Crippen LogP contribution is -2.30. The lowest BCUT2D eigenvalue weighted by atomic mass is 10.2. The van der Waals surface area contributed by atoms with Gasteiger partial charge < -0.3 is 14.8 Å². The summed E-state index contributed by atoms with van der Waals surface area (Å²) in [5, 5.41) is 2.98. The van der Waals surface area contributed by atoms with Crippen molar-refractivity contribution in [2.24, 2.45) is 0 Å². The van der Waals surface area contributed by atoms with Gasteiger partial charge >= 0.3 is 0 Å². The van der Waals surface area contributed by atoms with E-state index < -0.39 is 6.10 Å². The Morgan fingerprint density at radius 3 is 2.76 bits per heavy atom. The van der Waals surface area contributed by atoms with Crippen LogP contribution in [0, 0.1) is 0 Å². The molecule has 1 saturated heterocycles. The van der Waals surface area contributed by atoms with Crippen LogP contribution in [0.4, 0.5) is 5.69 Å². The molecule has 132 valence electrons. The third-order valence-corrected chi connectivity index (χ3v) is 5.13. The minimum absolute atomic E-state index is 0.121. The Morgan fingerprint density at radius 1 is 1.24 bits per heavy atom. The zero-order valence-corrected chi connectivity index (χ0v) is 15.1. The summed E-state index contributed by atoms with van der Waals surface area (Å²) in [5.74, 6) is -0.140. The van der Waals surface area contributed by atoms with Gasteiger partial charge in [0.25, 0.3) is 5.91 Å². The zero-order valence-electron chi connectivity index (χ0n) is 14.3. The molecular formula is C20H23NO3S. The molecule has 2 unspecified atom stereocenters. The fraction of sp³-hybridized carbons (Fsp3) is 0.350. The van der Waals surface area contributed by atoms with Crippen LogP contribution in [0.1, 0.15) is 19.8 Å². The molecule has 1 heterocycles. The fourth-order valence-corrected chi connectivity index (χ4v) is 3.53. The van der Waals surface area contributed by atoms with Crippen LogP contribution >= 0.6 is 11.8 Å². The second-order valence-corrected chi connectivity index (χ2v) is 7.13. The molecule has 3 rings (SSSR count). The first-order valence-electron chi connectivity index (χ1n) is 8.58. The Bertz CT molecular complexity index is 686. The molecule has 0 saturated carbocycles. The van der Waals surface area contributed by atoms with Gasteiger partial charge in [-0.15, -0.1) is 0 Å². The highest BCUT2D eigenvalue weighted by Gasteiger charge is 2.20. The first-order chi connectivity index (χ1) is 12.2. The smallest absolute Gasteiger partial charge is 0.253 e. The van der Waals surface area contributed by atoms with Gasteiger partial charge in [-0.05, 0) is 44.0 Å². The van der Waals surface area contributed by atoms with Crippen LogP contribution in [0.5, 0.6) is 0 Å². The molecule has 0 spiro atoms. The molecule has 0 radical (unpaired) electrons. The van der Waals surface area contributed by atoms with Gasteiger partial charge in [0, 0.05) is 16.4 Å². The number of benzene rings is 2. The standard InChI is InChI=1S/C20H23NO3S/c1-15(24-14-16-8-7-13-23-16)20(22)21-18-11-5-6-12-19(18)25-17-9-3-2-4-10-17/h2-6,9-12,15-16H,7-8,13-14H2,1H3,(H,21,22). The molecule has 1 fully saturated rings. The number of carbonyl (C=O) groups is 1. The maximum Gasteiger partial charge on any atom is 0.253 e. The number of rotatable bonds is 7. The number of nitrogens with one attached hydrogen (secondary N) is 1. The zero-order chi connectivity index (χ0) is 17.5. The Kier molecular flexibility index (Phi) is 6.50. The molecule has 5 heteroatoms. The summed E-state index contributed by atoms with van der Waals surface area (Å²) in [6.07, 6.45) is 1.68. The van der Waals surface area contributed by atoms with Gasteiger partial charge in [0.1, 0.15) is 6.10 Å². The van der Waals surface area contributed by atoms with E-state index in [1.54, 1.807) is 18.7 Å². The Morgan fingerprint density at radius 2 is 2.00 bits per heavy atom. The van der Waals surface area contributed by atoms with E-state index in [1.165, 1.54) is 0 Å². The Balaban J connectivity index is 1.58. The minimum Gasteiger partial charge on any atom is -0.376 e. The first-order valence-corrected chi connectivity index (χ1v) is 9.40. The molecule has 1 aliphatic heterocycles. The van der Waals surface area contributed by atoms with Crippen molar-refractivity contribution >= 4 is 23.4 Å². The normalized spacial score (nSPS) is 18.0. The summed E-state index contributed by atoms with van der Waals surface area (Å²) < 4.78 is 11.2. The van der Waals surface area contributed by atoms with Crippen LogP contribution in [0.25, 0.3) is 0 Å². The van der Waals surface area contributed by atoms with E-state index in [0.29, 0.717) is 6.61 Å². The van der Waals surface area contributed by atoms with E-state index in [9.17, 15) is 4.79 Å². The van der Waals surface area contributed by atoms with Gasteiger partial charge in [0.15, 0.2) is 0 Å². The van der Waals surface area contributed by atoms with Crippen molar-refractivity contribution in [1.82, 2.24) is 0 Å². The molecular weight excluding hydrogens is 334 g/mol. The summed E-state index contributed by atoms with van der Waals surface area (Å²) in [7, 11) is 0. The van der Waals surface area contributed by atoms with Crippen molar-refractivity contribution in [3.63, 3.8) is 0 Å². The van der Waals surface area contributed by atoms with Gasteiger partial charge in [-0.1, -0.05) is 42.1 Å². The van der Waals surface area contributed by atoms with Crippen LogP contribution in [0.15, 0.2) is 64.4 Å². The van der Waals surface area contributed by atoms with Crippen molar-refractivity contribution in [1.29, 1.82) is 0 Å². The van der Waals surface area contributed by atoms with Crippen LogP contribution in [0.2, 0.25) is 0 Å². The number of ether oxygens (including phenoxy) is 2. The molecule has 1 N–H and O–H groups in total. The van der Waals surface area contributed by atoms with E-state index in [0.717, 1.165) is 34.9 Å². The monoisotopic (exact) mass is 357 g/mol. The molecule has 0 aliphatic carbocycles. The van der Waals surface area contributed by atoms with Gasteiger partial charge in [-0.25, -0.2) is 0 Å². The van der Waals surface area contributed by atoms with Crippen LogP contribution in [-0.2, 0) is 14.3 Å². The summed E-state index contributed by atoms with van der Waals surface area (Å²) in [6.45, 7) is 3.03. The van der Waals surface area contributed by atoms with Crippen LogP contribution in [-0.4, -0.2) is 31.3 Å². The molecule has 0 bridgehead atoms. The number of para-hydroxylation sites is 1. The van der Waals surface area contributed by atoms with Crippen LogP contribution < -0.4 is 5.32 Å². The Hall–Kier alpha value is -1.82. The second kappa shape index (κ2) is 9.04. The average molecular weight is 357 g/mol. The van der Waals surface area contributed by atoms with Crippen molar-refractivity contribution in [3.8, 4) is 0 Å². The highest BCUT2D eigenvalue weighted by atomic mass is 32.2. The molecule has 2 aromatic rings. The topological polar surface area (TPSA) is 47.6 Å². The first kappa shape index (κ1) is 18.0. The highest BCUT2D eigenvalue weighted by molar-refractivity contribution is 7.99. The predicted octanol–water partition coefficient (Wildman–Crippen LogP) is 4.36. The van der Waals surface area contributed by atoms with E-state index in [4.69, 9.17) is 9.47 Å². The largest absolute Gasteiger partial charge is 0.376 e. The maximum atomic E-state index is 12.4. The van der Waals surface area contributed by atoms with E-state index in [-0.39, 0.29) is 12.0 Å². The molecule has 1 amide bonds. The number of amides is 1. The Labute approximate surface area is 152 Å². The second-order valence-electron chi connectivity index (χ2n) is 6.01. The van der Waals surface area contributed by atoms with Crippen molar-refractivity contribution < 1.29 is 14.3 Å². The van der Waals surface area contributed by atoms with E-state index >= 15 is 0 Å². The lowest BCUT2D eigenvalue weighted by molar-refractivity contribution is -0.128. The quantitative estimate of drug-likeness (QED) is 0.800. The molecule has 25 heavy (non-hydrogen) atoms. The number of hydrogen-bond donors (Lipinski definition) is 1. The molecule has 2 aromatic carbocycles. The van der Waals surface area contributed by atoms with Gasteiger partial charge in [0.05, 0.1) is 18.4 Å². The maximum absolute atomic E-state index is 12.4. The van der Waals surface area contributed by atoms with Gasteiger partial charge in [-0.2, -0.15) is 0 Å². The third kappa shape index (κ3) is 5.33. The summed E-state index contributed by atoms with van der Waals surface area (Å²) in [4.78, 5) is 14.6. The summed E-state index contributed by atoms with van der Waals surface area (Å²) in [5.41, 5.74) is 0.800. The third-order valence-electron chi connectivity index (χ3n) is 4.04. The van der Waals surface area contributed by atoms with E-state index in [2.05, 4.69) is 17.4 Å². The molecule has 1 aliphatic rings. The SMILES string of the molecule is CC(OCC1CCCO1)C(=O)Nc1ccccc1Sc1ccccc1. The van der Waals surface area contributed by atoms with Crippen molar-refractivity contribution in [3.05, 3.63) is 54.6 Å². The lowest BCUT2D eigenvalue weighted by Gasteiger charge is -2.17. The molecule has 2 atom stereocenters. The number of hydrogen-bond acceptors (Lipinski definition) is 4. The fourth-order valence-electron chi connectivity index (χ4n) is 2.61. The predicted molar refractivity (Wildman–Crippen MR) is 100 cm³/mol. The number of anilines is 1. The van der Waals surface area contributed by atoms with Crippen molar-refractivity contribution in [2.45, 2.75) is 41.8 Å². The number of carbonyl (C=O) groups excluding carboxylic acids is 1. The van der Waals surface area contributed by atoms with E-state index in [1.807, 2.05) is 42.5 Å². The van der Waals surface area contributed by atoms with Crippen LogP contribution in [0.3, 0.4) is 0 Å².